The summed E-state index contributed by atoms with van der Waals surface area (Å²) < 4.78 is 5.56. The van der Waals surface area contributed by atoms with Gasteiger partial charge in [-0.3, -0.25) is 9.59 Å². The number of benzene rings is 1. The third kappa shape index (κ3) is 4.51. The monoisotopic (exact) mass is 345 g/mol. The first-order chi connectivity index (χ1) is 12.1. The third-order valence-electron chi connectivity index (χ3n) is 5.01. The predicted molar refractivity (Wildman–Crippen MR) is 95.3 cm³/mol. The van der Waals surface area contributed by atoms with Crippen molar-refractivity contribution in [3.63, 3.8) is 0 Å². The summed E-state index contributed by atoms with van der Waals surface area (Å²) in [6, 6.07) is 9.55. The Morgan fingerprint density at radius 2 is 2.04 bits per heavy atom. The molecule has 2 amide bonds. The lowest BCUT2D eigenvalue weighted by atomic mass is 9.95. The molecule has 2 atom stereocenters. The van der Waals surface area contributed by atoms with Crippen LogP contribution in [0.5, 0.6) is 5.75 Å². The number of hydrogen-bond donors (Lipinski definition) is 1. The van der Waals surface area contributed by atoms with Crippen LogP contribution in [0.3, 0.4) is 0 Å². The number of rotatable bonds is 4. The summed E-state index contributed by atoms with van der Waals surface area (Å²) >= 11 is 0. The second-order valence-corrected chi connectivity index (χ2v) is 6.87. The summed E-state index contributed by atoms with van der Waals surface area (Å²) in [5.74, 6) is 0.746. The highest BCUT2D eigenvalue weighted by atomic mass is 16.5. The van der Waals surface area contributed by atoms with E-state index in [0.717, 1.165) is 32.5 Å². The maximum absolute atomic E-state index is 12.8. The van der Waals surface area contributed by atoms with E-state index >= 15 is 0 Å². The molecule has 0 spiro atoms. The van der Waals surface area contributed by atoms with Crippen LogP contribution in [0, 0.1) is 5.92 Å². The Morgan fingerprint density at radius 3 is 2.80 bits per heavy atom. The molecule has 2 aliphatic rings. The second-order valence-electron chi connectivity index (χ2n) is 6.87. The lowest BCUT2D eigenvalue weighted by molar-refractivity contribution is -0.143. The number of likely N-dealkylation sites (tertiary alicyclic amines) is 1. The molecule has 136 valence electrons. The molecule has 6 heteroatoms. The molecule has 0 aromatic heterocycles. The zero-order chi connectivity index (χ0) is 17.6. The number of carbonyl (C=O) groups excluding carboxylic acids is 2. The van der Waals surface area contributed by atoms with Gasteiger partial charge in [0.05, 0.1) is 5.92 Å². The van der Waals surface area contributed by atoms with Crippen LogP contribution >= 0.6 is 0 Å². The van der Waals surface area contributed by atoms with Gasteiger partial charge in [0.25, 0.3) is 5.91 Å². The molecular weight excluding hydrogens is 318 g/mol. The first-order valence-corrected chi connectivity index (χ1v) is 9.12. The van der Waals surface area contributed by atoms with Gasteiger partial charge in [0.2, 0.25) is 5.91 Å². The number of nitrogens with zero attached hydrogens (tertiary/aromatic N) is 2. The Morgan fingerprint density at radius 1 is 1.24 bits per heavy atom. The number of piperazine rings is 1. The van der Waals surface area contributed by atoms with Crippen molar-refractivity contribution in [3.05, 3.63) is 30.3 Å². The van der Waals surface area contributed by atoms with E-state index in [0.29, 0.717) is 18.8 Å². The first-order valence-electron chi connectivity index (χ1n) is 9.12. The molecule has 2 fully saturated rings. The maximum Gasteiger partial charge on any atom is 0.260 e. The zero-order valence-electron chi connectivity index (χ0n) is 14.8. The summed E-state index contributed by atoms with van der Waals surface area (Å²) in [7, 11) is 0. The van der Waals surface area contributed by atoms with Crippen LogP contribution in [0.15, 0.2) is 30.3 Å². The van der Waals surface area contributed by atoms with Gasteiger partial charge >= 0.3 is 0 Å². The highest BCUT2D eigenvalue weighted by molar-refractivity contribution is 5.82. The fraction of sp³-hybridized carbons (Fsp3) is 0.579. The number of nitrogens with one attached hydrogen (secondary N) is 1. The molecule has 2 aliphatic heterocycles. The molecule has 2 saturated heterocycles. The molecule has 2 heterocycles. The minimum Gasteiger partial charge on any atom is -0.484 e. The van der Waals surface area contributed by atoms with E-state index in [4.69, 9.17) is 4.74 Å². The Kier molecular flexibility index (Phi) is 5.91. The molecule has 0 saturated carbocycles. The predicted octanol–water partition coefficient (Wildman–Crippen LogP) is 1.12. The van der Waals surface area contributed by atoms with Crippen molar-refractivity contribution in [3.8, 4) is 5.75 Å². The van der Waals surface area contributed by atoms with Crippen molar-refractivity contribution in [1.29, 1.82) is 0 Å². The molecule has 3 rings (SSSR count). The molecule has 1 N–H and O–H groups in total. The van der Waals surface area contributed by atoms with Gasteiger partial charge in [-0.2, -0.15) is 0 Å². The number of amides is 2. The number of carbonyl (C=O) groups is 2. The van der Waals surface area contributed by atoms with Crippen molar-refractivity contribution in [2.45, 2.75) is 25.8 Å². The lowest BCUT2D eigenvalue weighted by Crippen LogP contribution is -2.56. The highest BCUT2D eigenvalue weighted by Crippen LogP contribution is 2.21. The van der Waals surface area contributed by atoms with E-state index in [-0.39, 0.29) is 30.4 Å². The summed E-state index contributed by atoms with van der Waals surface area (Å²) in [6.45, 7) is 5.74. The molecule has 0 radical (unpaired) electrons. The Labute approximate surface area is 149 Å². The van der Waals surface area contributed by atoms with Gasteiger partial charge in [-0.1, -0.05) is 18.2 Å². The van der Waals surface area contributed by atoms with Crippen LogP contribution in [0.25, 0.3) is 0 Å². The van der Waals surface area contributed by atoms with E-state index < -0.39 is 0 Å². The third-order valence-corrected chi connectivity index (χ3v) is 5.01. The standard InChI is InChI=1S/C19H27N3O3/c1-15-12-20-9-11-22(15)19(24)16-6-5-10-21(13-16)18(23)14-25-17-7-3-2-4-8-17/h2-4,7-8,15-16,20H,5-6,9-14H2,1H3. The zero-order valence-corrected chi connectivity index (χ0v) is 14.8. The molecule has 1 aromatic rings. The number of para-hydroxylation sites is 1. The average Bonchev–Trinajstić information content (AvgIpc) is 2.67. The minimum atomic E-state index is -0.0880. The van der Waals surface area contributed by atoms with Gasteiger partial charge in [-0.25, -0.2) is 0 Å². The molecule has 0 aliphatic carbocycles. The van der Waals surface area contributed by atoms with Crippen LogP contribution in [-0.4, -0.2) is 67.0 Å². The van der Waals surface area contributed by atoms with E-state index in [1.807, 2.05) is 35.2 Å². The summed E-state index contributed by atoms with van der Waals surface area (Å²) in [4.78, 5) is 29.0. The minimum absolute atomic E-state index is 0.0228. The second kappa shape index (κ2) is 8.34. The van der Waals surface area contributed by atoms with Crippen molar-refractivity contribution in [2.75, 3.05) is 39.3 Å². The van der Waals surface area contributed by atoms with Gasteiger partial charge in [0, 0.05) is 38.8 Å². The van der Waals surface area contributed by atoms with Crippen LogP contribution < -0.4 is 10.1 Å². The van der Waals surface area contributed by atoms with Crippen molar-refractivity contribution >= 4 is 11.8 Å². The van der Waals surface area contributed by atoms with E-state index in [1.165, 1.54) is 0 Å². The quantitative estimate of drug-likeness (QED) is 0.888. The van der Waals surface area contributed by atoms with E-state index in [1.54, 1.807) is 4.90 Å². The SMILES string of the molecule is CC1CNCCN1C(=O)C1CCCN(C(=O)COc2ccccc2)C1. The van der Waals surface area contributed by atoms with Crippen LogP contribution in [-0.2, 0) is 9.59 Å². The molecule has 0 bridgehead atoms. The molecular formula is C19H27N3O3. The van der Waals surface area contributed by atoms with Crippen molar-refractivity contribution in [2.24, 2.45) is 5.92 Å². The van der Waals surface area contributed by atoms with Gasteiger partial charge in [-0.15, -0.1) is 0 Å². The Bertz CT molecular complexity index is 593. The van der Waals surface area contributed by atoms with Crippen LogP contribution in [0.4, 0.5) is 0 Å². The molecule has 1 aromatic carbocycles. The van der Waals surface area contributed by atoms with E-state index in [9.17, 15) is 9.59 Å². The van der Waals surface area contributed by atoms with Crippen LogP contribution in [0.2, 0.25) is 0 Å². The van der Waals surface area contributed by atoms with Crippen molar-refractivity contribution < 1.29 is 14.3 Å². The summed E-state index contributed by atoms with van der Waals surface area (Å²) in [6.07, 6.45) is 1.73. The van der Waals surface area contributed by atoms with Gasteiger partial charge in [0.1, 0.15) is 5.75 Å². The number of hydrogen-bond acceptors (Lipinski definition) is 4. The van der Waals surface area contributed by atoms with Gasteiger partial charge in [0.15, 0.2) is 6.61 Å². The van der Waals surface area contributed by atoms with Gasteiger partial charge < -0.3 is 19.9 Å². The van der Waals surface area contributed by atoms with Gasteiger partial charge in [-0.05, 0) is 31.9 Å². The number of ether oxygens (including phenoxy) is 1. The Balaban J connectivity index is 1.53. The van der Waals surface area contributed by atoms with Crippen LogP contribution in [0.1, 0.15) is 19.8 Å². The molecule has 6 nitrogen and oxygen atoms in total. The molecule has 2 unspecified atom stereocenters. The largest absolute Gasteiger partial charge is 0.484 e. The fourth-order valence-corrected chi connectivity index (χ4v) is 3.56. The summed E-state index contributed by atoms with van der Waals surface area (Å²) in [5.41, 5.74) is 0. The Hall–Kier alpha value is -2.08. The lowest BCUT2D eigenvalue weighted by Gasteiger charge is -2.39. The normalized spacial score (nSPS) is 24.0. The average molecular weight is 345 g/mol. The number of piperidine rings is 1. The smallest absolute Gasteiger partial charge is 0.260 e. The topological polar surface area (TPSA) is 61.9 Å². The summed E-state index contributed by atoms with van der Waals surface area (Å²) in [5, 5.41) is 3.31. The first kappa shape index (κ1) is 17.7. The maximum atomic E-state index is 12.8. The fourth-order valence-electron chi connectivity index (χ4n) is 3.56. The van der Waals surface area contributed by atoms with E-state index in [2.05, 4.69) is 12.2 Å². The highest BCUT2D eigenvalue weighted by Gasteiger charge is 2.33. The molecule has 25 heavy (non-hydrogen) atoms. The van der Waals surface area contributed by atoms with Crippen molar-refractivity contribution in [1.82, 2.24) is 15.1 Å².